The molecule has 15 heterocycles. The standard InChI is InChI=1S/C28H33N7O3.C24H26N6O2.C23H26ClN7O2.C12H13Cl2N3O.C11H14N4O.C4H7NO/c1-16-29-18(3)35(33-16)23-9-7-8-21(27(23)37-4)32-22-14-20(15-24(36)19-11-12-19)31-28-26(22)30-17(2)34(28)25-10-5-6-13-38-25;1-13-10-19-23(25-13)20(11-17(27-19)12-22(31)16-8-9-16)28-18-6-5-7-21(24(18)32-4)30-15(3)26-14(2)29-30;1-13-25-15(3)31(29-13)18-9-7-8-16(22(18)32-4)27-17-12-19(24)28-23-21(17)26-14(2)30(23)20-10-5-6-11-33-20;1-7-15-11-8(13)6-9(14)16-12(11)17(7)10-4-2-3-5-18-10;1-7-13-8(2)15(14-7)10-6-4-5-9(12)11(10)16-3;5-4(6)3-1-2-3/h7-9,14,19,25H,5-6,10-13,15H2,1-4H3,(H,31,32);5-7,11,16H,8-10,12H2,1-4H3,(H,27,28);7-9,12,20H,5-6,10-11H2,1-4H3,(H,27,28);6,10H,2-5H2,1H3;4-6H,12H2,1-3H3;3H,1-2H2,(H2,5,6). The molecular weight excluding hydrogens is 1880 g/mol. The number of hydrogen-bond donors (Lipinski definition) is 5. The van der Waals surface area contributed by atoms with E-state index in [1.807, 2.05) is 171 Å². The molecule has 15 aromatic rings. The van der Waals surface area contributed by atoms with Gasteiger partial charge >= 0.3 is 0 Å². The molecule has 3 aliphatic carbocycles. The molecule has 748 valence electrons. The van der Waals surface area contributed by atoms with E-state index in [1.54, 1.807) is 65.4 Å². The number of halogens is 3. The highest BCUT2D eigenvalue weighted by Gasteiger charge is 2.35. The number of aliphatic imine (C=N–C) groups is 1. The molecule has 3 unspecified atom stereocenters. The summed E-state index contributed by atoms with van der Waals surface area (Å²) < 4.78 is 53.8. The molecule has 3 saturated heterocycles. The predicted molar refractivity (Wildman–Crippen MR) is 548 cm³/mol. The summed E-state index contributed by atoms with van der Waals surface area (Å²) >= 11 is 18.6. The van der Waals surface area contributed by atoms with Crippen molar-refractivity contribution >= 4 is 137 Å². The summed E-state index contributed by atoms with van der Waals surface area (Å²) in [4.78, 5) is 90.2. The van der Waals surface area contributed by atoms with Gasteiger partial charge in [-0.3, -0.25) is 38.1 Å². The van der Waals surface area contributed by atoms with Gasteiger partial charge in [0.25, 0.3) is 0 Å². The third-order valence-corrected chi connectivity index (χ3v) is 26.1. The summed E-state index contributed by atoms with van der Waals surface area (Å²) in [5.41, 5.74) is 27.6. The maximum atomic E-state index is 12.8. The van der Waals surface area contributed by atoms with Gasteiger partial charge in [-0.15, -0.1) is 0 Å². The molecule has 7 aliphatic rings. The van der Waals surface area contributed by atoms with E-state index in [1.165, 1.54) is 0 Å². The van der Waals surface area contributed by atoms with Crippen LogP contribution in [0.1, 0.15) is 203 Å². The fourth-order valence-electron chi connectivity index (χ4n) is 18.3. The normalized spacial score (nSPS) is 16.4. The lowest BCUT2D eigenvalue weighted by Gasteiger charge is -2.25. The molecule has 22 rings (SSSR count). The van der Waals surface area contributed by atoms with Crippen LogP contribution in [0.2, 0.25) is 15.3 Å². The molecule has 7 N–H and O–H groups in total. The number of benzene rings is 4. The van der Waals surface area contributed by atoms with Crippen LogP contribution in [0.15, 0.2) is 102 Å². The lowest BCUT2D eigenvalue weighted by molar-refractivity contribution is -0.120. The summed E-state index contributed by atoms with van der Waals surface area (Å²) in [7, 11) is 6.51. The summed E-state index contributed by atoms with van der Waals surface area (Å²) in [5, 5.41) is 29.6. The molecule has 38 nitrogen and oxygen atoms in total. The Morgan fingerprint density at radius 3 is 1.10 bits per heavy atom. The lowest BCUT2D eigenvalue weighted by Crippen LogP contribution is -2.19. The van der Waals surface area contributed by atoms with Gasteiger partial charge in [-0.05, 0) is 246 Å². The monoisotopic (exact) mass is 2000 g/mol. The number of pyridine rings is 4. The topological polar surface area (TPSA) is 444 Å². The van der Waals surface area contributed by atoms with Gasteiger partial charge in [-0.2, -0.15) is 20.4 Å². The molecule has 3 atom stereocenters. The molecule has 0 radical (unpaired) electrons. The fraction of sp³-hybridized carbons (Fsp3) is 0.422. The van der Waals surface area contributed by atoms with E-state index in [4.69, 9.17) is 104 Å². The molecule has 1 amide bonds. The highest BCUT2D eigenvalue weighted by Crippen LogP contribution is 2.46. The second-order valence-electron chi connectivity index (χ2n) is 36.5. The Morgan fingerprint density at radius 2 is 0.734 bits per heavy atom. The lowest BCUT2D eigenvalue weighted by atomic mass is 10.1. The Hall–Kier alpha value is -13.9. The Balaban J connectivity index is 0.000000124. The number of carbonyl (C=O) groups is 3. The van der Waals surface area contributed by atoms with Crippen LogP contribution >= 0.6 is 34.8 Å². The number of fused-ring (bicyclic) bond motifs is 4. The van der Waals surface area contributed by atoms with Crippen LogP contribution in [-0.4, -0.2) is 179 Å². The van der Waals surface area contributed by atoms with Crippen molar-refractivity contribution in [1.29, 1.82) is 0 Å². The maximum absolute atomic E-state index is 12.8. The summed E-state index contributed by atoms with van der Waals surface area (Å²) in [6, 6.07) is 30.4. The van der Waals surface area contributed by atoms with E-state index in [2.05, 4.69) is 75.8 Å². The minimum atomic E-state index is -0.130. The van der Waals surface area contributed by atoms with E-state index in [0.29, 0.717) is 97.6 Å². The SMILES string of the molecule is COc1c(N)cccc1-n1nc(C)nc1C.COc1c(Nc2cc(CC(=O)C3CC3)nc3c2N=C(C)C3)cccc1-n1nc(C)nc1C.COc1c(Nc2cc(CC(=O)C3CC3)nc3c2nc(C)n3C2CCCCO2)cccc1-n1nc(C)nc1C.COc1c(Nc2cc(Cl)nc3c2nc(C)n3C2CCCCO2)cccc1-n1nc(C)nc1C.Cc1nc2c(Cl)cc(Cl)nc2n1C1CCCCO1.NC(=O)C1CC1. The summed E-state index contributed by atoms with van der Waals surface area (Å²) in [5.74, 6) is 12.0. The van der Waals surface area contributed by atoms with E-state index < -0.39 is 0 Å². The quantitative estimate of drug-likeness (QED) is 0.0277. The van der Waals surface area contributed by atoms with Crippen molar-refractivity contribution in [3.8, 4) is 45.7 Å². The average Bonchev–Trinajstić information content (AvgIpc) is 1.63. The predicted octanol–water partition coefficient (Wildman–Crippen LogP) is 19.3. The Morgan fingerprint density at radius 1 is 0.385 bits per heavy atom. The van der Waals surface area contributed by atoms with Crippen LogP contribution in [-0.2, 0) is 47.9 Å². The first-order valence-electron chi connectivity index (χ1n) is 48.2. The van der Waals surface area contributed by atoms with Gasteiger partial charge in [0, 0.05) is 68.6 Å². The van der Waals surface area contributed by atoms with Crippen LogP contribution in [0, 0.1) is 93.9 Å². The molecule has 0 spiro atoms. The summed E-state index contributed by atoms with van der Waals surface area (Å²) in [6.07, 6.45) is 16.6. The molecule has 41 heteroatoms. The number of nitrogens with one attached hydrogen (secondary N) is 3. The number of amides is 1. The molecule has 11 aromatic heterocycles. The van der Waals surface area contributed by atoms with Gasteiger partial charge in [0.2, 0.25) is 5.91 Å². The molecule has 4 aromatic carbocycles. The van der Waals surface area contributed by atoms with Crippen LogP contribution in [0.3, 0.4) is 0 Å². The minimum absolute atomic E-state index is 0.00853. The number of nitrogen functional groups attached to an aromatic ring is 1. The van der Waals surface area contributed by atoms with Crippen LogP contribution in [0.25, 0.3) is 56.2 Å². The number of nitrogens with zero attached hydrogens (tertiary/aromatic N) is 23. The number of nitrogens with two attached hydrogens (primary N) is 2. The van der Waals surface area contributed by atoms with Crippen LogP contribution < -0.4 is 46.4 Å². The van der Waals surface area contributed by atoms with E-state index >= 15 is 0 Å². The first-order valence-corrected chi connectivity index (χ1v) is 49.3. The van der Waals surface area contributed by atoms with Crippen molar-refractivity contribution in [2.45, 2.75) is 217 Å². The van der Waals surface area contributed by atoms with Gasteiger partial charge in [0.1, 0.15) is 150 Å². The number of carbonyl (C=O) groups excluding carboxylic acids is 3. The molecule has 6 fully saturated rings. The van der Waals surface area contributed by atoms with Crippen molar-refractivity contribution in [2.24, 2.45) is 28.5 Å². The number of primary amides is 1. The van der Waals surface area contributed by atoms with Crippen molar-refractivity contribution < 1.29 is 47.5 Å². The number of methoxy groups -OCH3 is 4. The van der Waals surface area contributed by atoms with E-state index in [9.17, 15) is 14.4 Å². The van der Waals surface area contributed by atoms with E-state index in [-0.39, 0.29) is 53.9 Å². The number of para-hydroxylation sites is 4. The van der Waals surface area contributed by atoms with Crippen LogP contribution in [0.4, 0.5) is 45.5 Å². The first-order chi connectivity index (χ1) is 68.9. The largest absolute Gasteiger partial charge is 0.492 e. The highest BCUT2D eigenvalue weighted by atomic mass is 35.5. The number of rotatable bonds is 24. The number of Topliss-reactive ketones (excluding diaryl/α,β-unsaturated/α-hetero) is 2. The van der Waals surface area contributed by atoms with Crippen molar-refractivity contribution in [3.05, 3.63) is 194 Å². The van der Waals surface area contributed by atoms with Crippen molar-refractivity contribution in [2.75, 3.05) is 69.9 Å². The molecular formula is C102H119Cl3N28O10. The number of hydrogen-bond acceptors (Lipinski definition) is 30. The van der Waals surface area contributed by atoms with Crippen molar-refractivity contribution in [1.82, 2.24) is 108 Å². The average molecular weight is 2000 g/mol. The van der Waals surface area contributed by atoms with E-state index in [0.717, 1.165) is 265 Å². The minimum Gasteiger partial charge on any atom is -0.492 e. The third kappa shape index (κ3) is 22.8. The second kappa shape index (κ2) is 43.9. The number of aromatic nitrogens is 22. The number of anilines is 7. The third-order valence-electron chi connectivity index (χ3n) is 25.4. The second-order valence-corrected chi connectivity index (χ2v) is 37.6. The number of ether oxygens (including phenoxy) is 7. The van der Waals surface area contributed by atoms with Gasteiger partial charge < -0.3 is 60.6 Å². The Labute approximate surface area is 842 Å². The summed E-state index contributed by atoms with van der Waals surface area (Å²) in [6.45, 7) is 25.2. The zero-order chi connectivity index (χ0) is 101. The molecule has 143 heavy (non-hydrogen) atoms. The van der Waals surface area contributed by atoms with Gasteiger partial charge in [-0.1, -0.05) is 59.1 Å². The van der Waals surface area contributed by atoms with Gasteiger partial charge in [0.05, 0.1) is 90.4 Å². The molecule has 3 saturated carbocycles. The van der Waals surface area contributed by atoms with Crippen LogP contribution in [0.5, 0.6) is 23.0 Å². The smallest absolute Gasteiger partial charge is 0.220 e. The Kier molecular flexibility index (Phi) is 30.9. The molecule has 0 bridgehead atoms. The zero-order valence-electron chi connectivity index (χ0n) is 83.2. The highest BCUT2D eigenvalue weighted by molar-refractivity contribution is 6.37. The van der Waals surface area contributed by atoms with Crippen molar-refractivity contribution in [3.63, 3.8) is 0 Å². The number of aryl methyl sites for hydroxylation is 11. The number of ketones is 2. The molecule has 4 aliphatic heterocycles. The fourth-order valence-corrected chi connectivity index (χ4v) is 19.0. The first kappa shape index (κ1) is 101. The zero-order valence-corrected chi connectivity index (χ0v) is 85.5. The maximum Gasteiger partial charge on any atom is 0.220 e. The Bertz CT molecular complexity index is 7290. The number of imidazole rings is 3. The van der Waals surface area contributed by atoms with Gasteiger partial charge in [-0.25, -0.2) is 68.6 Å². The van der Waals surface area contributed by atoms with Gasteiger partial charge in [0.15, 0.2) is 39.9 Å².